The molecule has 6 rings (SSSR count). The molecule has 0 spiro atoms. The zero-order chi connectivity index (χ0) is 20.9. The summed E-state index contributed by atoms with van der Waals surface area (Å²) >= 11 is 0. The largest absolute Gasteiger partial charge is 0.361 e. The third kappa shape index (κ3) is 3.05. The van der Waals surface area contributed by atoms with Crippen LogP contribution in [0.3, 0.4) is 0 Å². The smallest absolute Gasteiger partial charge is 0.134 e. The molecular weight excluding hydrogens is 393 g/mol. The van der Waals surface area contributed by atoms with Crippen LogP contribution >= 0.6 is 0 Å². The number of benzene rings is 2. The number of aromatic amines is 2. The van der Waals surface area contributed by atoms with Gasteiger partial charge in [0.1, 0.15) is 23.1 Å². The lowest BCUT2D eigenvalue weighted by Crippen LogP contribution is -2.34. The first-order valence-corrected chi connectivity index (χ1v) is 10.3. The van der Waals surface area contributed by atoms with E-state index in [2.05, 4.69) is 38.6 Å². The van der Waals surface area contributed by atoms with Crippen molar-refractivity contribution in [3.05, 3.63) is 95.1 Å². The standard InChI is InChI=1S/C24H20FN5O/c1-13-10-19(30-31-13)23-22-17(16-4-2-3-5-18(16)27-22)11-20(28-23)24-26-12-21(29-24)14-6-8-15(25)9-7-14/h2-10,12,20,23,27-28H,11H2,1H3,(H,26,29)/t20-,23?/m1/s1. The van der Waals surface area contributed by atoms with Gasteiger partial charge in [0.2, 0.25) is 0 Å². The second-order valence-electron chi connectivity index (χ2n) is 7.96. The molecule has 0 aliphatic carbocycles. The maximum atomic E-state index is 13.3. The molecule has 2 atom stereocenters. The first-order valence-electron chi connectivity index (χ1n) is 10.3. The summed E-state index contributed by atoms with van der Waals surface area (Å²) in [5, 5.41) is 9.16. The Labute approximate surface area is 177 Å². The van der Waals surface area contributed by atoms with Crippen LogP contribution in [-0.4, -0.2) is 20.1 Å². The first-order chi connectivity index (χ1) is 15.2. The highest BCUT2D eigenvalue weighted by molar-refractivity contribution is 5.85. The third-order valence-electron chi connectivity index (χ3n) is 5.92. The number of imidazole rings is 1. The van der Waals surface area contributed by atoms with E-state index in [4.69, 9.17) is 9.51 Å². The number of H-pyrrole nitrogens is 2. The molecule has 3 N–H and O–H groups in total. The fourth-order valence-corrected chi connectivity index (χ4v) is 4.45. The molecule has 4 heterocycles. The predicted octanol–water partition coefficient (Wildman–Crippen LogP) is 4.97. The van der Waals surface area contributed by atoms with E-state index in [9.17, 15) is 4.39 Å². The Bertz CT molecular complexity index is 1380. The van der Waals surface area contributed by atoms with Crippen LogP contribution in [0.2, 0.25) is 0 Å². The van der Waals surface area contributed by atoms with E-state index < -0.39 is 0 Å². The summed E-state index contributed by atoms with van der Waals surface area (Å²) < 4.78 is 18.6. The van der Waals surface area contributed by atoms with Crippen molar-refractivity contribution in [2.75, 3.05) is 0 Å². The van der Waals surface area contributed by atoms with Crippen LogP contribution in [0.4, 0.5) is 4.39 Å². The highest BCUT2D eigenvalue weighted by Crippen LogP contribution is 2.38. The summed E-state index contributed by atoms with van der Waals surface area (Å²) in [6, 6.07) is 16.5. The highest BCUT2D eigenvalue weighted by atomic mass is 19.1. The van der Waals surface area contributed by atoms with Crippen molar-refractivity contribution < 1.29 is 8.91 Å². The molecule has 5 aromatic rings. The minimum Gasteiger partial charge on any atom is -0.361 e. The molecule has 0 fully saturated rings. The number of nitrogens with one attached hydrogen (secondary N) is 3. The number of hydrogen-bond acceptors (Lipinski definition) is 4. The summed E-state index contributed by atoms with van der Waals surface area (Å²) in [6.45, 7) is 1.89. The summed E-state index contributed by atoms with van der Waals surface area (Å²) in [6.07, 6.45) is 2.65. The quantitative estimate of drug-likeness (QED) is 0.390. The number of para-hydroxylation sites is 1. The van der Waals surface area contributed by atoms with Crippen molar-refractivity contribution >= 4 is 10.9 Å². The van der Waals surface area contributed by atoms with Crippen molar-refractivity contribution in [2.45, 2.75) is 25.4 Å². The van der Waals surface area contributed by atoms with E-state index in [1.807, 2.05) is 25.3 Å². The Morgan fingerprint density at radius 2 is 1.94 bits per heavy atom. The van der Waals surface area contributed by atoms with Gasteiger partial charge in [0.05, 0.1) is 17.8 Å². The van der Waals surface area contributed by atoms with E-state index in [-0.39, 0.29) is 17.9 Å². The first kappa shape index (κ1) is 18.1. The maximum Gasteiger partial charge on any atom is 0.134 e. The molecule has 31 heavy (non-hydrogen) atoms. The number of halogens is 1. The molecule has 0 bridgehead atoms. The van der Waals surface area contributed by atoms with Gasteiger partial charge in [-0.2, -0.15) is 0 Å². The van der Waals surface area contributed by atoms with Gasteiger partial charge in [-0.15, -0.1) is 0 Å². The van der Waals surface area contributed by atoms with Gasteiger partial charge < -0.3 is 14.5 Å². The Balaban J connectivity index is 1.42. The van der Waals surface area contributed by atoms with Crippen LogP contribution in [0, 0.1) is 12.7 Å². The topological polar surface area (TPSA) is 82.5 Å². The van der Waals surface area contributed by atoms with Crippen molar-refractivity contribution in [3.63, 3.8) is 0 Å². The molecule has 0 saturated heterocycles. The molecule has 6 nitrogen and oxygen atoms in total. The average Bonchev–Trinajstić information content (AvgIpc) is 3.52. The van der Waals surface area contributed by atoms with Crippen LogP contribution in [0.5, 0.6) is 0 Å². The molecule has 1 aliphatic rings. The number of hydrogen-bond donors (Lipinski definition) is 3. The lowest BCUT2D eigenvalue weighted by atomic mass is 9.92. The van der Waals surface area contributed by atoms with E-state index in [0.29, 0.717) is 0 Å². The number of rotatable bonds is 3. The van der Waals surface area contributed by atoms with Crippen LogP contribution in [0.25, 0.3) is 22.2 Å². The van der Waals surface area contributed by atoms with E-state index in [1.165, 1.54) is 23.1 Å². The molecule has 1 unspecified atom stereocenters. The van der Waals surface area contributed by atoms with Gasteiger partial charge in [0.15, 0.2) is 0 Å². The minimum atomic E-state index is -0.258. The normalized spacial score (nSPS) is 18.4. The molecule has 3 aromatic heterocycles. The Morgan fingerprint density at radius 3 is 2.74 bits per heavy atom. The third-order valence-corrected chi connectivity index (χ3v) is 5.92. The van der Waals surface area contributed by atoms with E-state index in [1.54, 1.807) is 12.1 Å². The molecule has 0 radical (unpaired) electrons. The minimum absolute atomic E-state index is 0.0390. The van der Waals surface area contributed by atoms with Crippen molar-refractivity contribution in [3.8, 4) is 11.3 Å². The lowest BCUT2D eigenvalue weighted by Gasteiger charge is -2.29. The van der Waals surface area contributed by atoms with E-state index >= 15 is 0 Å². The van der Waals surface area contributed by atoms with Crippen molar-refractivity contribution in [1.29, 1.82) is 0 Å². The maximum absolute atomic E-state index is 13.3. The van der Waals surface area contributed by atoms with Crippen molar-refractivity contribution in [1.82, 2.24) is 25.4 Å². The second kappa shape index (κ2) is 6.92. The fourth-order valence-electron chi connectivity index (χ4n) is 4.45. The van der Waals surface area contributed by atoms with Gasteiger partial charge in [-0.3, -0.25) is 5.32 Å². The van der Waals surface area contributed by atoms with Crippen LogP contribution < -0.4 is 5.32 Å². The van der Waals surface area contributed by atoms with Gasteiger partial charge in [-0.1, -0.05) is 23.4 Å². The summed E-state index contributed by atoms with van der Waals surface area (Å²) in [5.74, 6) is 1.35. The zero-order valence-electron chi connectivity index (χ0n) is 16.8. The van der Waals surface area contributed by atoms with Gasteiger partial charge in [-0.25, -0.2) is 9.37 Å². The molecule has 0 amide bonds. The Hall–Kier alpha value is -3.71. The van der Waals surface area contributed by atoms with E-state index in [0.717, 1.165) is 46.2 Å². The number of aromatic nitrogens is 4. The van der Waals surface area contributed by atoms with Gasteiger partial charge in [-0.05, 0) is 49.2 Å². The molecule has 154 valence electrons. The summed E-state index contributed by atoms with van der Waals surface area (Å²) in [7, 11) is 0. The second-order valence-corrected chi connectivity index (χ2v) is 7.96. The fraction of sp³-hybridized carbons (Fsp3) is 0.167. The predicted molar refractivity (Wildman–Crippen MR) is 115 cm³/mol. The summed E-state index contributed by atoms with van der Waals surface area (Å²) in [5.41, 5.74) is 5.96. The van der Waals surface area contributed by atoms with Crippen LogP contribution in [0.15, 0.2) is 65.3 Å². The zero-order valence-corrected chi connectivity index (χ0v) is 16.8. The van der Waals surface area contributed by atoms with Crippen LogP contribution in [-0.2, 0) is 6.42 Å². The SMILES string of the molecule is Cc1cc(C2N[C@@H](c3nc(-c4ccc(F)cc4)c[nH]3)Cc3c2[nH]c2ccccc32)no1. The Morgan fingerprint density at radius 1 is 1.10 bits per heavy atom. The molecule has 1 aliphatic heterocycles. The Kier molecular flexibility index (Phi) is 4.04. The summed E-state index contributed by atoms with van der Waals surface area (Å²) in [4.78, 5) is 11.7. The average molecular weight is 413 g/mol. The molecule has 2 aromatic carbocycles. The van der Waals surface area contributed by atoms with Gasteiger partial charge in [0, 0.05) is 34.4 Å². The number of nitrogens with zero attached hydrogens (tertiary/aromatic N) is 2. The van der Waals surface area contributed by atoms with Gasteiger partial charge in [0.25, 0.3) is 0 Å². The molecule has 7 heteroatoms. The highest BCUT2D eigenvalue weighted by Gasteiger charge is 2.34. The number of aryl methyl sites for hydroxylation is 1. The number of fused-ring (bicyclic) bond motifs is 3. The molecule has 0 saturated carbocycles. The lowest BCUT2D eigenvalue weighted by molar-refractivity contribution is 0.368. The van der Waals surface area contributed by atoms with Crippen LogP contribution in [0.1, 0.15) is 40.6 Å². The molecular formula is C24H20FN5O. The van der Waals surface area contributed by atoms with Gasteiger partial charge >= 0.3 is 0 Å². The monoisotopic (exact) mass is 413 g/mol. The van der Waals surface area contributed by atoms with Crippen molar-refractivity contribution in [2.24, 2.45) is 0 Å².